The first-order valence-corrected chi connectivity index (χ1v) is 4.50. The van der Waals surface area contributed by atoms with Crippen LogP contribution in [0.25, 0.3) is 11.0 Å². The van der Waals surface area contributed by atoms with Crippen molar-refractivity contribution >= 4 is 34.1 Å². The number of nitrogens with zero attached hydrogens (tertiary/aromatic N) is 3. The number of nitro benzene ring substituents is 1. The lowest BCUT2D eigenvalue weighted by molar-refractivity contribution is -0.383. The van der Waals surface area contributed by atoms with Crippen LogP contribution >= 0.6 is 11.7 Å². The van der Waals surface area contributed by atoms with Crippen molar-refractivity contribution in [1.82, 2.24) is 8.75 Å². The summed E-state index contributed by atoms with van der Waals surface area (Å²) >= 11 is 0.923. The van der Waals surface area contributed by atoms with E-state index in [9.17, 15) is 10.1 Å². The molecule has 0 saturated carbocycles. The van der Waals surface area contributed by atoms with Crippen LogP contribution in [0.4, 0.5) is 11.4 Å². The summed E-state index contributed by atoms with van der Waals surface area (Å²) in [7, 11) is 0. The first-order chi connectivity index (χ1) is 6.61. The molecule has 0 saturated heterocycles. The molecule has 6 nitrogen and oxygen atoms in total. The fourth-order valence-electron chi connectivity index (χ4n) is 1.21. The van der Waals surface area contributed by atoms with Crippen molar-refractivity contribution in [3.8, 4) is 0 Å². The van der Waals surface area contributed by atoms with Gasteiger partial charge in [0.1, 0.15) is 5.52 Å². The van der Waals surface area contributed by atoms with Gasteiger partial charge in [-0.2, -0.15) is 8.75 Å². The molecule has 0 fully saturated rings. The Balaban J connectivity index is 2.91. The zero-order valence-electron chi connectivity index (χ0n) is 7.22. The summed E-state index contributed by atoms with van der Waals surface area (Å²) in [5.74, 6) is 0. The van der Waals surface area contributed by atoms with E-state index in [1.165, 1.54) is 6.07 Å². The van der Waals surface area contributed by atoms with E-state index in [0.717, 1.165) is 11.7 Å². The van der Waals surface area contributed by atoms with Gasteiger partial charge in [0.05, 0.1) is 22.3 Å². The van der Waals surface area contributed by atoms with Crippen LogP contribution < -0.4 is 5.73 Å². The second-order valence-electron chi connectivity index (χ2n) is 2.84. The predicted molar refractivity (Wildman–Crippen MR) is 53.2 cm³/mol. The number of nitrogens with two attached hydrogens (primary N) is 1. The lowest BCUT2D eigenvalue weighted by Crippen LogP contribution is -1.96. The first-order valence-electron chi connectivity index (χ1n) is 3.77. The molecule has 72 valence electrons. The minimum absolute atomic E-state index is 0.0412. The lowest BCUT2D eigenvalue weighted by Gasteiger charge is -1.99. The second kappa shape index (κ2) is 2.88. The summed E-state index contributed by atoms with van der Waals surface area (Å²) in [4.78, 5) is 10.2. The Hall–Kier alpha value is -1.76. The number of non-ortho nitro benzene ring substituents is 1. The molecule has 0 unspecified atom stereocenters. The fourth-order valence-corrected chi connectivity index (χ4v) is 1.78. The molecule has 1 heterocycles. The monoisotopic (exact) mass is 210 g/mol. The van der Waals surface area contributed by atoms with E-state index in [2.05, 4.69) is 8.75 Å². The molecule has 2 aromatic rings. The summed E-state index contributed by atoms with van der Waals surface area (Å²) in [6, 6.07) is 1.42. The third-order valence-electron chi connectivity index (χ3n) is 1.96. The molecular weight excluding hydrogens is 204 g/mol. The smallest absolute Gasteiger partial charge is 0.298 e. The fraction of sp³-hybridized carbons (Fsp3) is 0.143. The maximum absolute atomic E-state index is 10.7. The Bertz CT molecular complexity index is 522. The van der Waals surface area contributed by atoms with Crippen LogP contribution in [0.2, 0.25) is 0 Å². The number of nitrogen functional groups attached to an aromatic ring is 1. The molecule has 0 amide bonds. The van der Waals surface area contributed by atoms with Crippen molar-refractivity contribution in [3.05, 3.63) is 21.7 Å². The zero-order valence-corrected chi connectivity index (χ0v) is 8.04. The highest BCUT2D eigenvalue weighted by Crippen LogP contribution is 2.30. The largest absolute Gasteiger partial charge is 0.397 e. The zero-order chi connectivity index (χ0) is 10.3. The number of rotatable bonds is 1. The summed E-state index contributed by atoms with van der Waals surface area (Å²) in [6.45, 7) is 1.71. The van der Waals surface area contributed by atoms with Crippen molar-refractivity contribution in [1.29, 1.82) is 0 Å². The Kier molecular flexibility index (Phi) is 1.81. The number of hydrogen-bond donors (Lipinski definition) is 1. The Morgan fingerprint density at radius 2 is 2.14 bits per heavy atom. The number of hydrogen-bond acceptors (Lipinski definition) is 6. The van der Waals surface area contributed by atoms with Gasteiger partial charge in [0, 0.05) is 6.07 Å². The van der Waals surface area contributed by atoms with Crippen LogP contribution in [-0.2, 0) is 0 Å². The minimum Gasteiger partial charge on any atom is -0.397 e. The molecule has 0 aliphatic rings. The van der Waals surface area contributed by atoms with Gasteiger partial charge in [0.15, 0.2) is 5.52 Å². The van der Waals surface area contributed by atoms with E-state index in [1.54, 1.807) is 6.92 Å². The summed E-state index contributed by atoms with van der Waals surface area (Å²) in [5, 5.41) is 10.7. The summed E-state index contributed by atoms with van der Waals surface area (Å²) in [5.41, 5.74) is 7.46. The van der Waals surface area contributed by atoms with Crippen molar-refractivity contribution in [3.63, 3.8) is 0 Å². The van der Waals surface area contributed by atoms with Gasteiger partial charge in [0.25, 0.3) is 5.69 Å². The molecular formula is C7H6N4O2S. The number of aryl methyl sites for hydroxylation is 1. The van der Waals surface area contributed by atoms with Crippen LogP contribution in [0, 0.1) is 17.0 Å². The van der Waals surface area contributed by atoms with Crippen molar-refractivity contribution in [2.24, 2.45) is 0 Å². The van der Waals surface area contributed by atoms with Gasteiger partial charge in [-0.25, -0.2) is 0 Å². The Morgan fingerprint density at radius 1 is 1.50 bits per heavy atom. The van der Waals surface area contributed by atoms with Gasteiger partial charge in [0.2, 0.25) is 0 Å². The number of benzene rings is 1. The van der Waals surface area contributed by atoms with E-state index in [1.807, 2.05) is 0 Å². The van der Waals surface area contributed by atoms with Crippen molar-refractivity contribution < 1.29 is 4.92 Å². The Morgan fingerprint density at radius 3 is 2.79 bits per heavy atom. The van der Waals surface area contributed by atoms with Gasteiger partial charge in [-0.15, -0.1) is 0 Å². The molecule has 0 spiro atoms. The van der Waals surface area contributed by atoms with E-state index in [4.69, 9.17) is 5.73 Å². The standard InChI is InChI=1S/C7H6N4O2S/c1-3-2-4(11(12)13)6-7(5(3)8)10-14-9-6/h2H,8H2,1H3. The highest BCUT2D eigenvalue weighted by atomic mass is 32.1. The van der Waals surface area contributed by atoms with Gasteiger partial charge in [-0.3, -0.25) is 10.1 Å². The highest BCUT2D eigenvalue weighted by Gasteiger charge is 2.19. The number of fused-ring (bicyclic) bond motifs is 1. The molecule has 2 N–H and O–H groups in total. The van der Waals surface area contributed by atoms with E-state index in [0.29, 0.717) is 16.8 Å². The van der Waals surface area contributed by atoms with Gasteiger partial charge >= 0.3 is 0 Å². The Labute approximate surface area is 82.8 Å². The average Bonchev–Trinajstić information content (AvgIpc) is 2.59. The molecule has 1 aromatic carbocycles. The van der Waals surface area contributed by atoms with Crippen LogP contribution in [0.1, 0.15) is 5.56 Å². The quantitative estimate of drug-likeness (QED) is 0.437. The van der Waals surface area contributed by atoms with E-state index >= 15 is 0 Å². The predicted octanol–water partition coefficient (Wildman–Crippen LogP) is 1.49. The molecule has 0 aliphatic heterocycles. The molecule has 7 heteroatoms. The summed E-state index contributed by atoms with van der Waals surface area (Å²) in [6.07, 6.45) is 0. The van der Waals surface area contributed by atoms with Gasteiger partial charge in [-0.1, -0.05) is 0 Å². The average molecular weight is 210 g/mol. The third-order valence-corrected chi connectivity index (χ3v) is 2.49. The topological polar surface area (TPSA) is 94.9 Å². The molecule has 14 heavy (non-hydrogen) atoms. The highest BCUT2D eigenvalue weighted by molar-refractivity contribution is 7.00. The summed E-state index contributed by atoms with van der Waals surface area (Å²) < 4.78 is 7.77. The van der Waals surface area contributed by atoms with Crippen LogP contribution in [-0.4, -0.2) is 13.7 Å². The van der Waals surface area contributed by atoms with Gasteiger partial charge in [-0.05, 0) is 12.5 Å². The molecule has 2 rings (SSSR count). The molecule has 1 aromatic heterocycles. The van der Waals surface area contributed by atoms with Crippen LogP contribution in [0.15, 0.2) is 6.07 Å². The van der Waals surface area contributed by atoms with Crippen LogP contribution in [0.5, 0.6) is 0 Å². The van der Waals surface area contributed by atoms with E-state index < -0.39 is 4.92 Å². The second-order valence-corrected chi connectivity index (χ2v) is 3.37. The maximum Gasteiger partial charge on any atom is 0.298 e. The van der Waals surface area contributed by atoms with Crippen molar-refractivity contribution in [2.45, 2.75) is 6.92 Å². The number of aromatic nitrogens is 2. The molecule has 0 radical (unpaired) electrons. The molecule has 0 bridgehead atoms. The maximum atomic E-state index is 10.7. The number of nitro groups is 1. The first kappa shape index (κ1) is 8.82. The van der Waals surface area contributed by atoms with E-state index in [-0.39, 0.29) is 11.2 Å². The normalized spacial score (nSPS) is 10.6. The molecule has 0 aliphatic carbocycles. The minimum atomic E-state index is -0.476. The number of anilines is 1. The third kappa shape index (κ3) is 1.10. The SMILES string of the molecule is Cc1cc([N+](=O)[O-])c2nsnc2c1N. The van der Waals surface area contributed by atoms with Gasteiger partial charge < -0.3 is 5.73 Å². The molecule has 0 atom stereocenters. The van der Waals surface area contributed by atoms with Crippen molar-refractivity contribution in [2.75, 3.05) is 5.73 Å². The lowest BCUT2D eigenvalue weighted by atomic mass is 10.1. The van der Waals surface area contributed by atoms with Crippen LogP contribution in [0.3, 0.4) is 0 Å².